The lowest BCUT2D eigenvalue weighted by molar-refractivity contribution is -0.929. The molecule has 0 spiro atoms. The Labute approximate surface area is 417 Å². The van der Waals surface area contributed by atoms with Crippen LogP contribution >= 0.6 is 42.4 Å². The van der Waals surface area contributed by atoms with Crippen molar-refractivity contribution in [1.29, 1.82) is 0 Å². The predicted molar refractivity (Wildman–Crippen MR) is 262 cm³/mol. The van der Waals surface area contributed by atoms with Gasteiger partial charge in [-0.05, 0) is 78.1 Å². The van der Waals surface area contributed by atoms with E-state index in [1.165, 1.54) is 29.8 Å². The van der Waals surface area contributed by atoms with E-state index in [1.807, 2.05) is 45.2 Å². The Morgan fingerprint density at radius 3 is 2.31 bits per heavy atom. The normalized spacial score (nSPS) is 15.0. The molecule has 0 bridgehead atoms. The highest BCUT2D eigenvalue weighted by Crippen LogP contribution is 2.53. The molecule has 1 aliphatic rings. The number of phosphoric ester groups is 1. The monoisotopic (exact) mass is 1030 g/mol. The Bertz CT molecular complexity index is 3050. The van der Waals surface area contributed by atoms with Gasteiger partial charge in [-0.3, -0.25) is 14.0 Å². The highest BCUT2D eigenvalue weighted by atomic mass is 35.5. The van der Waals surface area contributed by atoms with Crippen LogP contribution < -0.4 is 23.8 Å². The van der Waals surface area contributed by atoms with Gasteiger partial charge in [0.1, 0.15) is 41.7 Å². The first-order valence-electron chi connectivity index (χ1n) is 22.0. The summed E-state index contributed by atoms with van der Waals surface area (Å²) >= 11 is 15.6. The number of carbonyl (C=O) groups is 1. The molecule has 2 N–H and O–H groups in total. The summed E-state index contributed by atoms with van der Waals surface area (Å²) in [4.78, 5) is 54.9. The molecule has 0 radical (unpaired) electrons. The van der Waals surface area contributed by atoms with Crippen molar-refractivity contribution in [1.82, 2.24) is 24.8 Å². The average molecular weight is 1030 g/mol. The van der Waals surface area contributed by atoms with Gasteiger partial charge in [0.25, 0.3) is 7.82 Å². The molecule has 366 valence electrons. The number of aliphatic carboxylic acids is 1. The van der Waals surface area contributed by atoms with Gasteiger partial charge >= 0.3 is 5.97 Å². The Kier molecular flexibility index (Phi) is 15.7. The van der Waals surface area contributed by atoms with Crippen molar-refractivity contribution in [3.05, 3.63) is 130 Å². The quantitative estimate of drug-likeness (QED) is 0.0575. The third-order valence-electron chi connectivity index (χ3n) is 12.1. The van der Waals surface area contributed by atoms with E-state index in [1.54, 1.807) is 55.8 Å². The molecule has 1 saturated heterocycles. The van der Waals surface area contributed by atoms with Crippen molar-refractivity contribution >= 4 is 58.5 Å². The molecule has 4 heterocycles. The largest absolute Gasteiger partial charge is 0.756 e. The summed E-state index contributed by atoms with van der Waals surface area (Å²) < 4.78 is 55.0. The number of fused-ring (bicyclic) bond motifs is 1. The number of nitrogens with zero attached hydrogens (tertiary/aromatic N) is 6. The zero-order chi connectivity index (χ0) is 49.7. The van der Waals surface area contributed by atoms with Gasteiger partial charge in [0.05, 0.1) is 53.9 Å². The first-order chi connectivity index (χ1) is 33.5. The number of aromatic nitrogens is 4. The molecule has 16 nitrogen and oxygen atoms in total. The fourth-order valence-corrected chi connectivity index (χ4v) is 10.3. The number of ether oxygens (including phenoxy) is 4. The Balaban J connectivity index is 1.07. The number of benzene rings is 4. The first-order valence-corrected chi connectivity index (χ1v) is 25.0. The number of phosphoric acid groups is 1. The predicted octanol–water partition coefficient (Wildman–Crippen LogP) is 8.78. The second-order valence-corrected chi connectivity index (χ2v) is 19.8. The van der Waals surface area contributed by atoms with Crippen LogP contribution in [0.25, 0.3) is 43.2 Å². The summed E-state index contributed by atoms with van der Waals surface area (Å²) in [6.45, 7) is 6.72. The number of methoxy groups -OCH3 is 1. The lowest BCUT2D eigenvalue weighted by Crippen LogP contribution is -2.58. The van der Waals surface area contributed by atoms with Crippen LogP contribution in [0.3, 0.4) is 0 Å². The van der Waals surface area contributed by atoms with Gasteiger partial charge in [0.2, 0.25) is 12.0 Å². The van der Waals surface area contributed by atoms with E-state index in [0.29, 0.717) is 109 Å². The number of rotatable bonds is 19. The number of carboxylic acids is 1. The standard InChI is InChI=1S/C49H48Cl2FN6O10PS/c1-29-39(30(2)43(51)44(42(29)50)65-24-21-57-19-22-58(3,23-20-57)28-67-69(61,62)63)40-41-47(54-27-55-48(41)70-45(40)31-13-15-33(52)16-14-31)68-38(49(59)60)25-32-9-5-7-11-36(32)66-26-34-17-18-53-46(56-34)35-10-6-8-12-37(35)64-4/h5-18,27,38H,19-26,28H2,1-4H3,(H2-,59,60,61,62,63)/t38-/m1/s1. The summed E-state index contributed by atoms with van der Waals surface area (Å²) in [6, 6.07) is 22.2. The summed E-state index contributed by atoms with van der Waals surface area (Å²) in [5.41, 5.74) is 4.88. The minimum absolute atomic E-state index is 0.00662. The second kappa shape index (κ2) is 21.7. The van der Waals surface area contributed by atoms with E-state index in [0.717, 1.165) is 5.56 Å². The van der Waals surface area contributed by atoms with Crippen LogP contribution in [0.15, 0.2) is 91.4 Å². The number of halogens is 3. The average Bonchev–Trinajstić information content (AvgIpc) is 3.74. The lowest BCUT2D eigenvalue weighted by Gasteiger charge is -2.41. The molecule has 2 atom stereocenters. The molecular weight excluding hydrogens is 986 g/mol. The first kappa shape index (κ1) is 50.6. The van der Waals surface area contributed by atoms with Crippen molar-refractivity contribution in [2.75, 3.05) is 60.2 Å². The summed E-state index contributed by atoms with van der Waals surface area (Å²) in [5, 5.41) is 11.6. The minimum Gasteiger partial charge on any atom is -0.756 e. The number of likely N-dealkylation sites (N-methyl/N-ethyl adjacent to an activating group) is 1. The van der Waals surface area contributed by atoms with E-state index < -0.39 is 25.7 Å². The van der Waals surface area contributed by atoms with E-state index in [2.05, 4.69) is 29.4 Å². The van der Waals surface area contributed by atoms with Gasteiger partial charge in [0.15, 0.2) is 18.3 Å². The van der Waals surface area contributed by atoms with Crippen molar-refractivity contribution in [2.24, 2.45) is 0 Å². The van der Waals surface area contributed by atoms with Crippen molar-refractivity contribution in [3.63, 3.8) is 0 Å². The van der Waals surface area contributed by atoms with Crippen LogP contribution in [0.2, 0.25) is 10.0 Å². The van der Waals surface area contributed by atoms with Crippen LogP contribution in [0.4, 0.5) is 4.39 Å². The molecule has 3 aromatic heterocycles. The molecule has 7 aromatic rings. The molecule has 0 saturated carbocycles. The number of para-hydroxylation sites is 2. The molecule has 1 aliphatic heterocycles. The molecule has 8 rings (SSSR count). The van der Waals surface area contributed by atoms with E-state index in [4.69, 9.17) is 47.0 Å². The Morgan fingerprint density at radius 1 is 0.943 bits per heavy atom. The number of hydrogen-bond acceptors (Lipinski definition) is 14. The van der Waals surface area contributed by atoms with Crippen LogP contribution in [0, 0.1) is 19.7 Å². The summed E-state index contributed by atoms with van der Waals surface area (Å²) in [5.74, 6) is 0.104. The number of thiophene rings is 1. The van der Waals surface area contributed by atoms with Crippen molar-refractivity contribution in [3.8, 4) is 56.1 Å². The second-order valence-electron chi connectivity index (χ2n) is 16.9. The molecular formula is C49H48Cl2FN6O10PS. The molecule has 1 fully saturated rings. The maximum Gasteiger partial charge on any atom is 0.345 e. The number of piperazine rings is 1. The lowest BCUT2D eigenvalue weighted by atomic mass is 9.92. The highest BCUT2D eigenvalue weighted by molar-refractivity contribution is 7.44. The molecule has 0 amide bonds. The smallest absolute Gasteiger partial charge is 0.345 e. The highest BCUT2D eigenvalue weighted by Gasteiger charge is 2.32. The van der Waals surface area contributed by atoms with Gasteiger partial charge in [-0.1, -0.05) is 65.7 Å². The zero-order valence-corrected chi connectivity index (χ0v) is 41.7. The van der Waals surface area contributed by atoms with E-state index in [-0.39, 0.29) is 48.0 Å². The topological polar surface area (TPSA) is 199 Å². The Hall–Kier alpha value is -5.79. The van der Waals surface area contributed by atoms with Crippen molar-refractivity contribution < 1.29 is 56.6 Å². The molecule has 0 aliphatic carbocycles. The molecule has 70 heavy (non-hydrogen) atoms. The summed E-state index contributed by atoms with van der Waals surface area (Å²) in [6.07, 6.45) is 1.37. The third kappa shape index (κ3) is 11.5. The number of quaternary nitrogens is 1. The minimum atomic E-state index is -4.84. The third-order valence-corrected chi connectivity index (χ3v) is 14.6. The van der Waals surface area contributed by atoms with Gasteiger partial charge in [-0.2, -0.15) is 0 Å². The SMILES string of the molecule is COc1ccccc1-c1nccc(COc2ccccc2C[C@@H](Oc2ncnc3sc(-c4ccc(F)cc4)c(-c4c(C)c(Cl)c(OCCN5CC[N+](C)(COP(=O)([O-])O)CC5)c(Cl)c4C)c23)C(=O)O)n1. The zero-order valence-electron chi connectivity index (χ0n) is 38.4. The van der Waals surface area contributed by atoms with E-state index >= 15 is 0 Å². The van der Waals surface area contributed by atoms with Gasteiger partial charge < -0.3 is 38.3 Å². The number of carboxylic acid groups (broad SMARTS) is 1. The molecule has 4 aromatic carbocycles. The maximum absolute atomic E-state index is 14.4. The van der Waals surface area contributed by atoms with Crippen LogP contribution in [-0.2, 0) is 26.9 Å². The number of hydrogen-bond donors (Lipinski definition) is 2. The Morgan fingerprint density at radius 2 is 1.63 bits per heavy atom. The van der Waals surface area contributed by atoms with Gasteiger partial charge in [-0.15, -0.1) is 11.3 Å². The molecule has 21 heteroatoms. The van der Waals surface area contributed by atoms with E-state index in [9.17, 15) is 23.7 Å². The van der Waals surface area contributed by atoms with Crippen LogP contribution in [-0.4, -0.2) is 112 Å². The van der Waals surface area contributed by atoms with Crippen LogP contribution in [0.1, 0.15) is 22.4 Å². The fraction of sp³-hybridized carbons (Fsp3) is 0.286. The van der Waals surface area contributed by atoms with Gasteiger partial charge in [0, 0.05) is 42.7 Å². The van der Waals surface area contributed by atoms with Gasteiger partial charge in [-0.25, -0.2) is 29.1 Å². The van der Waals surface area contributed by atoms with Crippen molar-refractivity contribution in [2.45, 2.75) is 33.0 Å². The van der Waals surface area contributed by atoms with Crippen LogP contribution in [0.5, 0.6) is 23.1 Å². The molecule has 1 unspecified atom stereocenters. The fourth-order valence-electron chi connectivity index (χ4n) is 8.22. The summed E-state index contributed by atoms with van der Waals surface area (Å²) in [7, 11) is -1.40. The maximum atomic E-state index is 14.4.